The van der Waals surface area contributed by atoms with Gasteiger partial charge in [-0.05, 0) is 30.9 Å². The fraction of sp³-hybridized carbons (Fsp3) is 0.421. The minimum absolute atomic E-state index is 0.00369. The Morgan fingerprint density at radius 1 is 1.36 bits per heavy atom. The maximum Gasteiger partial charge on any atom is 0.272 e. The van der Waals surface area contributed by atoms with Crippen LogP contribution in [0.25, 0.3) is 0 Å². The van der Waals surface area contributed by atoms with Gasteiger partial charge in [-0.15, -0.1) is 0 Å². The summed E-state index contributed by atoms with van der Waals surface area (Å²) in [5.74, 6) is -2.25. The van der Waals surface area contributed by atoms with Crippen molar-refractivity contribution < 1.29 is 17.8 Å². The molecule has 28 heavy (non-hydrogen) atoms. The van der Waals surface area contributed by atoms with Gasteiger partial charge >= 0.3 is 0 Å². The zero-order valence-corrected chi connectivity index (χ0v) is 17.1. The molecule has 0 fully saturated rings. The number of amides is 1. The van der Waals surface area contributed by atoms with E-state index in [1.54, 1.807) is 17.8 Å². The van der Waals surface area contributed by atoms with E-state index in [1.165, 1.54) is 13.1 Å². The summed E-state index contributed by atoms with van der Waals surface area (Å²) in [6, 6.07) is 3.17. The zero-order chi connectivity index (χ0) is 20.6. The van der Waals surface area contributed by atoms with Crippen LogP contribution in [0.2, 0.25) is 0 Å². The Hall–Kier alpha value is -2.26. The van der Waals surface area contributed by atoms with Gasteiger partial charge in [-0.25, -0.2) is 22.1 Å². The van der Waals surface area contributed by atoms with E-state index in [0.29, 0.717) is 29.0 Å². The lowest BCUT2D eigenvalue weighted by Gasteiger charge is -2.21. The van der Waals surface area contributed by atoms with Crippen LogP contribution in [0.5, 0.6) is 0 Å². The molecule has 152 valence electrons. The highest BCUT2D eigenvalue weighted by Crippen LogP contribution is 2.30. The van der Waals surface area contributed by atoms with Crippen molar-refractivity contribution in [3.05, 3.63) is 47.3 Å². The number of hydrogen-bond acceptors (Lipinski definition) is 3. The SMILES string of the molecule is CN=S1(=O)NC(C(C)C)CCc2c1cn(C)c2C(=O)Nc1ccc(F)c(F)c1. The minimum atomic E-state index is -2.87. The summed E-state index contributed by atoms with van der Waals surface area (Å²) in [6.45, 7) is 4.08. The van der Waals surface area contributed by atoms with Crippen molar-refractivity contribution in [1.29, 1.82) is 0 Å². The lowest BCUT2D eigenvalue weighted by atomic mass is 9.97. The van der Waals surface area contributed by atoms with E-state index in [9.17, 15) is 17.8 Å². The molecule has 1 aliphatic rings. The lowest BCUT2D eigenvalue weighted by molar-refractivity contribution is 0.101. The molecule has 0 bridgehead atoms. The van der Waals surface area contributed by atoms with Gasteiger partial charge < -0.3 is 9.88 Å². The molecule has 2 heterocycles. The molecule has 0 radical (unpaired) electrons. The molecule has 1 aromatic carbocycles. The standard InChI is InChI=1S/C19H24F2N4O2S/c1-11(2)16-8-6-13-17(28(27,22-3)24-16)10-25(4)18(13)19(26)23-12-5-7-14(20)15(21)9-12/h5,7,9-11,16H,6,8H2,1-4H3,(H,23,26)(H,22,24,27). The molecule has 2 aromatic rings. The summed E-state index contributed by atoms with van der Waals surface area (Å²) >= 11 is 0. The van der Waals surface area contributed by atoms with Gasteiger partial charge in [-0.2, -0.15) is 0 Å². The molecule has 0 saturated carbocycles. The fourth-order valence-corrected chi connectivity index (χ4v) is 5.50. The maximum atomic E-state index is 13.5. The smallest absolute Gasteiger partial charge is 0.272 e. The molecule has 1 aliphatic heterocycles. The van der Waals surface area contributed by atoms with Crippen molar-refractivity contribution in [3.63, 3.8) is 0 Å². The second kappa shape index (κ2) is 7.63. The summed E-state index contributed by atoms with van der Waals surface area (Å²) in [5.41, 5.74) is 1.14. The highest BCUT2D eigenvalue weighted by atomic mass is 32.2. The molecular weight excluding hydrogens is 386 g/mol. The number of hydrogen-bond donors (Lipinski definition) is 2. The van der Waals surface area contributed by atoms with E-state index in [0.717, 1.165) is 12.1 Å². The molecule has 0 spiro atoms. The predicted molar refractivity (Wildman–Crippen MR) is 105 cm³/mol. The number of nitrogens with zero attached hydrogens (tertiary/aromatic N) is 2. The number of halogens is 2. The first-order valence-corrected chi connectivity index (χ1v) is 10.5. The third-order valence-corrected chi connectivity index (χ3v) is 7.10. The van der Waals surface area contributed by atoms with Crippen LogP contribution in [0, 0.1) is 17.6 Å². The number of benzene rings is 1. The Morgan fingerprint density at radius 3 is 2.68 bits per heavy atom. The third-order valence-electron chi connectivity index (χ3n) is 5.02. The Kier molecular flexibility index (Phi) is 5.58. The van der Waals surface area contributed by atoms with Crippen LogP contribution < -0.4 is 10.0 Å². The van der Waals surface area contributed by atoms with E-state index >= 15 is 0 Å². The molecule has 1 amide bonds. The zero-order valence-electron chi connectivity index (χ0n) is 16.3. The van der Waals surface area contributed by atoms with E-state index in [2.05, 4.69) is 14.4 Å². The van der Waals surface area contributed by atoms with E-state index < -0.39 is 27.5 Å². The highest BCUT2D eigenvalue weighted by molar-refractivity contribution is 7.91. The lowest BCUT2D eigenvalue weighted by Crippen LogP contribution is -2.37. The summed E-state index contributed by atoms with van der Waals surface area (Å²) < 4.78 is 48.9. The van der Waals surface area contributed by atoms with E-state index in [-0.39, 0.29) is 17.6 Å². The van der Waals surface area contributed by atoms with Crippen molar-refractivity contribution in [2.24, 2.45) is 17.3 Å². The van der Waals surface area contributed by atoms with Gasteiger partial charge in [0.25, 0.3) is 5.91 Å². The van der Waals surface area contributed by atoms with Crippen LogP contribution in [0.1, 0.15) is 36.3 Å². The molecule has 2 N–H and O–H groups in total. The summed E-state index contributed by atoms with van der Waals surface area (Å²) in [5, 5.41) is 2.59. The average molecular weight is 410 g/mol. The second-order valence-corrected chi connectivity index (χ2v) is 9.32. The number of rotatable bonds is 3. The Labute approximate surface area is 163 Å². The third kappa shape index (κ3) is 3.68. The minimum Gasteiger partial charge on any atom is -0.345 e. The maximum absolute atomic E-state index is 13.5. The van der Waals surface area contributed by atoms with Gasteiger partial charge in [-0.1, -0.05) is 13.8 Å². The van der Waals surface area contributed by atoms with Gasteiger partial charge in [0.15, 0.2) is 11.6 Å². The molecule has 9 heteroatoms. The second-order valence-electron chi connectivity index (χ2n) is 7.23. The summed E-state index contributed by atoms with van der Waals surface area (Å²) in [6.07, 6.45) is 2.91. The number of aryl methyl sites for hydroxylation is 1. The number of carbonyl (C=O) groups excluding carboxylic acids is 1. The number of anilines is 1. The van der Waals surface area contributed by atoms with Crippen LogP contribution in [0.3, 0.4) is 0 Å². The van der Waals surface area contributed by atoms with E-state index in [4.69, 9.17) is 0 Å². The predicted octanol–water partition coefficient (Wildman–Crippen LogP) is 3.49. The topological polar surface area (TPSA) is 75.5 Å². The summed E-state index contributed by atoms with van der Waals surface area (Å²) in [7, 11) is 0.307. The Balaban J connectivity index is 2.02. The molecule has 3 rings (SSSR count). The van der Waals surface area contributed by atoms with Gasteiger partial charge in [0.1, 0.15) is 15.6 Å². The van der Waals surface area contributed by atoms with Crippen LogP contribution in [0.15, 0.2) is 33.7 Å². The molecule has 6 nitrogen and oxygen atoms in total. The van der Waals surface area contributed by atoms with Crippen LogP contribution >= 0.6 is 0 Å². The van der Waals surface area contributed by atoms with Crippen molar-refractivity contribution in [2.75, 3.05) is 12.4 Å². The van der Waals surface area contributed by atoms with Gasteiger partial charge in [0.05, 0.1) is 4.90 Å². The number of carbonyl (C=O) groups is 1. The molecular formula is C19H24F2N4O2S. The van der Waals surface area contributed by atoms with Crippen LogP contribution in [-0.2, 0) is 23.4 Å². The van der Waals surface area contributed by atoms with Crippen molar-refractivity contribution >= 4 is 21.5 Å². The number of nitrogens with one attached hydrogen (secondary N) is 2. The quantitative estimate of drug-likeness (QED) is 0.813. The first-order valence-electron chi connectivity index (χ1n) is 9.03. The molecule has 2 atom stereocenters. The van der Waals surface area contributed by atoms with Gasteiger partial charge in [0.2, 0.25) is 0 Å². The number of fused-ring (bicyclic) bond motifs is 1. The first-order chi connectivity index (χ1) is 13.2. The van der Waals surface area contributed by atoms with E-state index in [1.807, 2.05) is 13.8 Å². The Bertz CT molecular complexity index is 1040. The molecule has 0 saturated heterocycles. The average Bonchev–Trinajstić information content (AvgIpc) is 2.90. The fourth-order valence-electron chi connectivity index (χ4n) is 3.44. The molecule has 0 aliphatic carbocycles. The Morgan fingerprint density at radius 2 is 2.07 bits per heavy atom. The van der Waals surface area contributed by atoms with Crippen LogP contribution in [0.4, 0.5) is 14.5 Å². The molecule has 2 unspecified atom stereocenters. The first kappa shape index (κ1) is 20.5. The van der Waals surface area contributed by atoms with Crippen molar-refractivity contribution in [2.45, 2.75) is 37.6 Å². The van der Waals surface area contributed by atoms with Gasteiger partial charge in [0, 0.05) is 43.7 Å². The monoisotopic (exact) mass is 410 g/mol. The number of aromatic nitrogens is 1. The van der Waals surface area contributed by atoms with Crippen LogP contribution in [-0.4, -0.2) is 27.8 Å². The van der Waals surface area contributed by atoms with Crippen molar-refractivity contribution in [1.82, 2.24) is 9.29 Å². The normalized spacial score (nSPS) is 21.9. The molecule has 1 aromatic heterocycles. The van der Waals surface area contributed by atoms with Gasteiger partial charge in [-0.3, -0.25) is 4.79 Å². The summed E-state index contributed by atoms with van der Waals surface area (Å²) in [4.78, 5) is 13.4. The van der Waals surface area contributed by atoms with Crippen molar-refractivity contribution in [3.8, 4) is 0 Å². The highest BCUT2D eigenvalue weighted by Gasteiger charge is 2.32. The largest absolute Gasteiger partial charge is 0.345 e.